The fourth-order valence-electron chi connectivity index (χ4n) is 1.90. The van der Waals surface area contributed by atoms with Crippen LogP contribution in [0.3, 0.4) is 0 Å². The molecule has 0 fully saturated rings. The second-order valence-corrected chi connectivity index (χ2v) is 4.14. The molecule has 0 saturated heterocycles. The zero-order chi connectivity index (χ0) is 13.2. The maximum absolute atomic E-state index is 5.76. The molecule has 0 aliphatic rings. The largest absolute Gasteiger partial charge is 0.404 e. The minimum absolute atomic E-state index is 0.272. The summed E-state index contributed by atoms with van der Waals surface area (Å²) in [4.78, 5) is 8.43. The highest BCUT2D eigenvalue weighted by Gasteiger charge is 2.08. The van der Waals surface area contributed by atoms with Gasteiger partial charge in [0, 0.05) is 25.0 Å². The summed E-state index contributed by atoms with van der Waals surface area (Å²) in [7, 11) is 1.78. The van der Waals surface area contributed by atoms with E-state index in [0.29, 0.717) is 12.4 Å². The van der Waals surface area contributed by atoms with E-state index in [-0.39, 0.29) is 6.01 Å². The molecule has 0 radical (unpaired) electrons. The lowest BCUT2D eigenvalue weighted by Crippen LogP contribution is -2.00. The van der Waals surface area contributed by atoms with E-state index in [1.165, 1.54) is 0 Å². The number of ether oxygens (including phenoxy) is 1. The Balaban J connectivity index is 2.04. The van der Waals surface area contributed by atoms with Crippen LogP contribution in [0.15, 0.2) is 36.7 Å². The average molecular weight is 255 g/mol. The first kappa shape index (κ1) is 11.6. The molecule has 0 bridgehead atoms. The van der Waals surface area contributed by atoms with Crippen LogP contribution in [-0.2, 0) is 13.6 Å². The number of aryl methyl sites for hydroxylation is 1. The summed E-state index contributed by atoms with van der Waals surface area (Å²) >= 11 is 0. The van der Waals surface area contributed by atoms with Gasteiger partial charge in [-0.1, -0.05) is 18.2 Å². The van der Waals surface area contributed by atoms with Gasteiger partial charge in [0.2, 0.25) is 5.88 Å². The molecule has 2 N–H and O–H groups in total. The van der Waals surface area contributed by atoms with Crippen LogP contribution in [0.5, 0.6) is 11.9 Å². The Kier molecular flexibility index (Phi) is 2.85. The van der Waals surface area contributed by atoms with Gasteiger partial charge in [0.1, 0.15) is 6.33 Å². The molecule has 0 saturated carbocycles. The van der Waals surface area contributed by atoms with Crippen LogP contribution >= 0.6 is 0 Å². The molecule has 6 heteroatoms. The summed E-state index contributed by atoms with van der Waals surface area (Å²) in [5, 5.41) is 5.09. The molecule has 0 aliphatic heterocycles. The summed E-state index contributed by atoms with van der Waals surface area (Å²) in [5.41, 5.74) is 7.59. The molecular weight excluding hydrogens is 242 g/mol. The smallest absolute Gasteiger partial charge is 0.342 e. The van der Waals surface area contributed by atoms with Crippen molar-refractivity contribution >= 4 is 10.9 Å². The standard InChI is InChI=1S/C13H13N5O/c1-18-8-15-13(17-18)19-12-6-9(7-14)10-4-2-3-5-11(10)16-12/h2-6,8H,7,14H2,1H3. The second-order valence-electron chi connectivity index (χ2n) is 4.14. The number of pyridine rings is 1. The van der Waals surface area contributed by atoms with Crippen molar-refractivity contribution in [2.24, 2.45) is 12.8 Å². The summed E-state index contributed by atoms with van der Waals surface area (Å²) in [6.07, 6.45) is 1.57. The third-order valence-corrected chi connectivity index (χ3v) is 2.77. The highest BCUT2D eigenvalue weighted by molar-refractivity contribution is 5.82. The molecule has 0 unspecified atom stereocenters. The van der Waals surface area contributed by atoms with Gasteiger partial charge in [-0.3, -0.25) is 4.68 Å². The fourth-order valence-corrected chi connectivity index (χ4v) is 1.90. The number of benzene rings is 1. The number of hydrogen-bond acceptors (Lipinski definition) is 5. The maximum atomic E-state index is 5.76. The van der Waals surface area contributed by atoms with Gasteiger partial charge in [0.15, 0.2) is 0 Å². The maximum Gasteiger partial charge on any atom is 0.342 e. The normalized spacial score (nSPS) is 10.8. The minimum atomic E-state index is 0.272. The summed E-state index contributed by atoms with van der Waals surface area (Å²) in [6.45, 7) is 0.426. The van der Waals surface area contributed by atoms with Crippen LogP contribution in [-0.4, -0.2) is 19.7 Å². The van der Waals surface area contributed by atoms with Crippen molar-refractivity contribution in [3.63, 3.8) is 0 Å². The minimum Gasteiger partial charge on any atom is -0.404 e. The molecule has 2 aromatic heterocycles. The third-order valence-electron chi connectivity index (χ3n) is 2.77. The molecule has 0 aliphatic carbocycles. The first-order valence-corrected chi connectivity index (χ1v) is 5.88. The second kappa shape index (κ2) is 4.66. The van der Waals surface area contributed by atoms with Crippen LogP contribution < -0.4 is 10.5 Å². The van der Waals surface area contributed by atoms with Gasteiger partial charge in [0.25, 0.3) is 0 Å². The molecule has 0 spiro atoms. The van der Waals surface area contributed by atoms with E-state index in [1.54, 1.807) is 18.1 Å². The van der Waals surface area contributed by atoms with E-state index in [1.807, 2.05) is 30.3 Å². The fraction of sp³-hybridized carbons (Fsp3) is 0.154. The zero-order valence-electron chi connectivity index (χ0n) is 10.4. The van der Waals surface area contributed by atoms with Crippen molar-refractivity contribution in [1.82, 2.24) is 19.7 Å². The number of rotatable bonds is 3. The van der Waals surface area contributed by atoms with E-state index in [0.717, 1.165) is 16.5 Å². The first-order chi connectivity index (χ1) is 9.26. The number of aromatic nitrogens is 4. The number of fused-ring (bicyclic) bond motifs is 1. The molecule has 1 aromatic carbocycles. The highest BCUT2D eigenvalue weighted by Crippen LogP contribution is 2.23. The Morgan fingerprint density at radius 1 is 1.32 bits per heavy atom. The molecule has 2 heterocycles. The third kappa shape index (κ3) is 2.25. The van der Waals surface area contributed by atoms with E-state index < -0.39 is 0 Å². The lowest BCUT2D eigenvalue weighted by Gasteiger charge is -2.07. The van der Waals surface area contributed by atoms with Gasteiger partial charge >= 0.3 is 6.01 Å². The SMILES string of the molecule is Cn1cnc(Oc2cc(CN)c3ccccc3n2)n1. The zero-order valence-corrected chi connectivity index (χ0v) is 10.4. The van der Waals surface area contributed by atoms with Gasteiger partial charge in [-0.15, -0.1) is 5.10 Å². The summed E-state index contributed by atoms with van der Waals surface area (Å²) in [6, 6.07) is 9.90. The lowest BCUT2D eigenvalue weighted by molar-refractivity contribution is 0.424. The predicted molar refractivity (Wildman–Crippen MR) is 70.7 cm³/mol. The Morgan fingerprint density at radius 2 is 2.16 bits per heavy atom. The van der Waals surface area contributed by atoms with Crippen molar-refractivity contribution in [1.29, 1.82) is 0 Å². The quantitative estimate of drug-likeness (QED) is 0.769. The molecule has 0 amide bonds. The van der Waals surface area contributed by atoms with E-state index >= 15 is 0 Å². The van der Waals surface area contributed by atoms with Crippen LogP contribution in [0.2, 0.25) is 0 Å². The number of para-hydroxylation sites is 1. The predicted octanol–water partition coefficient (Wildman–Crippen LogP) is 1.61. The Bertz CT molecular complexity index is 722. The highest BCUT2D eigenvalue weighted by atomic mass is 16.5. The van der Waals surface area contributed by atoms with E-state index in [9.17, 15) is 0 Å². The van der Waals surface area contributed by atoms with Gasteiger partial charge in [-0.25, -0.2) is 4.98 Å². The van der Waals surface area contributed by atoms with Crippen molar-refractivity contribution in [2.45, 2.75) is 6.54 Å². The molecular formula is C13H13N5O. The topological polar surface area (TPSA) is 78.9 Å². The monoisotopic (exact) mass is 255 g/mol. The van der Waals surface area contributed by atoms with Crippen molar-refractivity contribution in [3.8, 4) is 11.9 Å². The number of hydrogen-bond donors (Lipinski definition) is 1. The molecule has 6 nitrogen and oxygen atoms in total. The van der Waals surface area contributed by atoms with Crippen molar-refractivity contribution < 1.29 is 4.74 Å². The van der Waals surface area contributed by atoms with Crippen LogP contribution in [0, 0.1) is 0 Å². The van der Waals surface area contributed by atoms with Crippen LogP contribution in [0.4, 0.5) is 0 Å². The first-order valence-electron chi connectivity index (χ1n) is 5.88. The Morgan fingerprint density at radius 3 is 2.89 bits per heavy atom. The Hall–Kier alpha value is -2.47. The van der Waals surface area contributed by atoms with Crippen molar-refractivity contribution in [2.75, 3.05) is 0 Å². The molecule has 0 atom stereocenters. The van der Waals surface area contributed by atoms with Gasteiger partial charge in [0.05, 0.1) is 5.52 Å². The molecule has 3 rings (SSSR count). The van der Waals surface area contributed by atoms with Crippen molar-refractivity contribution in [3.05, 3.63) is 42.2 Å². The summed E-state index contributed by atoms with van der Waals surface area (Å²) < 4.78 is 7.11. The lowest BCUT2D eigenvalue weighted by atomic mass is 10.1. The number of nitrogens with zero attached hydrogens (tertiary/aromatic N) is 4. The van der Waals surface area contributed by atoms with Crippen LogP contribution in [0.1, 0.15) is 5.56 Å². The molecule has 96 valence electrons. The van der Waals surface area contributed by atoms with Gasteiger partial charge in [-0.2, -0.15) is 4.98 Å². The van der Waals surface area contributed by atoms with Gasteiger partial charge in [-0.05, 0) is 11.6 Å². The van der Waals surface area contributed by atoms with E-state index in [4.69, 9.17) is 10.5 Å². The van der Waals surface area contributed by atoms with Gasteiger partial charge < -0.3 is 10.5 Å². The Labute approximate surface area is 109 Å². The molecule has 3 aromatic rings. The molecule has 19 heavy (non-hydrogen) atoms. The number of nitrogens with two attached hydrogens (primary N) is 1. The summed E-state index contributed by atoms with van der Waals surface area (Å²) in [5.74, 6) is 0.449. The average Bonchev–Trinajstić information content (AvgIpc) is 2.83. The van der Waals surface area contributed by atoms with E-state index in [2.05, 4.69) is 15.1 Å². The van der Waals surface area contributed by atoms with Crippen LogP contribution in [0.25, 0.3) is 10.9 Å².